The minimum atomic E-state index is -0.676. The number of hydrogen-bond acceptors (Lipinski definition) is 3. The van der Waals surface area contributed by atoms with Crippen LogP contribution in [0, 0.1) is 17.1 Å². The van der Waals surface area contributed by atoms with E-state index in [0.717, 1.165) is 6.07 Å². The quantitative estimate of drug-likeness (QED) is 0.626. The first kappa shape index (κ1) is 8.70. The number of carbonyl (C=O) groups excluding carboxylic acids is 1. The number of carbonyl (C=O) groups is 1. The third kappa shape index (κ3) is 1.14. The van der Waals surface area contributed by atoms with E-state index in [1.165, 1.54) is 6.07 Å². The van der Waals surface area contributed by atoms with Crippen LogP contribution in [0.1, 0.15) is 22.3 Å². The zero-order valence-electron chi connectivity index (χ0n) is 7.21. The van der Waals surface area contributed by atoms with E-state index >= 15 is 0 Å². The molecule has 0 unspecified atom stereocenters. The molecule has 1 aromatic carbocycles. The lowest BCUT2D eigenvalue weighted by Crippen LogP contribution is -2.17. The van der Waals surface area contributed by atoms with E-state index in [2.05, 4.69) is 0 Å². The van der Waals surface area contributed by atoms with E-state index in [9.17, 15) is 9.18 Å². The molecule has 0 spiro atoms. The maximum Gasteiger partial charge on any atom is 0.171 e. The van der Waals surface area contributed by atoms with Gasteiger partial charge in [-0.15, -0.1) is 0 Å². The normalized spacial score (nSPS) is 14.1. The number of benzene rings is 1. The predicted molar refractivity (Wildman–Crippen MR) is 45.6 cm³/mol. The van der Waals surface area contributed by atoms with Gasteiger partial charge in [0.2, 0.25) is 0 Å². The Labute approximate surface area is 79.7 Å². The molecule has 2 rings (SSSR count). The smallest absolute Gasteiger partial charge is 0.171 e. The standard InChI is InChI=1S/C10H6FNO2/c11-7-1-2-9-10(6(7)5-12)8(13)3-4-14-9/h1-2H,3-4H2. The average Bonchev–Trinajstić information content (AvgIpc) is 2.19. The Morgan fingerprint density at radius 3 is 3.00 bits per heavy atom. The lowest BCUT2D eigenvalue weighted by Gasteiger charge is -2.16. The number of fused-ring (bicyclic) bond motifs is 1. The lowest BCUT2D eigenvalue weighted by molar-refractivity contribution is 0.0932. The van der Waals surface area contributed by atoms with E-state index in [4.69, 9.17) is 10.00 Å². The summed E-state index contributed by atoms with van der Waals surface area (Å²) in [6.07, 6.45) is 0.200. The van der Waals surface area contributed by atoms with Crippen molar-refractivity contribution in [1.29, 1.82) is 5.26 Å². The number of hydrogen-bond donors (Lipinski definition) is 0. The van der Waals surface area contributed by atoms with Gasteiger partial charge in [-0.05, 0) is 12.1 Å². The van der Waals surface area contributed by atoms with Gasteiger partial charge in [-0.25, -0.2) is 4.39 Å². The predicted octanol–water partition coefficient (Wildman–Crippen LogP) is 1.66. The minimum absolute atomic E-state index is 0.0822. The molecule has 70 valence electrons. The third-order valence-corrected chi connectivity index (χ3v) is 2.09. The first-order chi connectivity index (χ1) is 6.74. The van der Waals surface area contributed by atoms with E-state index in [0.29, 0.717) is 12.4 Å². The van der Waals surface area contributed by atoms with Crippen LogP contribution < -0.4 is 4.74 Å². The number of nitrogens with zero attached hydrogens (tertiary/aromatic N) is 1. The molecule has 0 amide bonds. The van der Waals surface area contributed by atoms with Crippen molar-refractivity contribution in [2.24, 2.45) is 0 Å². The SMILES string of the molecule is N#Cc1c(F)ccc2c1C(=O)CCO2. The van der Waals surface area contributed by atoms with Gasteiger partial charge in [-0.2, -0.15) is 5.26 Å². The second kappa shape index (κ2) is 3.11. The van der Waals surface area contributed by atoms with Crippen molar-refractivity contribution < 1.29 is 13.9 Å². The first-order valence-electron chi connectivity index (χ1n) is 4.12. The van der Waals surface area contributed by atoms with Crippen molar-refractivity contribution in [3.8, 4) is 11.8 Å². The fourth-order valence-corrected chi connectivity index (χ4v) is 1.44. The van der Waals surface area contributed by atoms with Gasteiger partial charge in [0.15, 0.2) is 5.78 Å². The topological polar surface area (TPSA) is 50.1 Å². The molecule has 0 bridgehead atoms. The molecule has 1 aliphatic heterocycles. The van der Waals surface area contributed by atoms with Crippen molar-refractivity contribution in [2.45, 2.75) is 6.42 Å². The van der Waals surface area contributed by atoms with Crippen molar-refractivity contribution in [2.75, 3.05) is 6.61 Å². The van der Waals surface area contributed by atoms with Crippen LogP contribution in [0.15, 0.2) is 12.1 Å². The summed E-state index contributed by atoms with van der Waals surface area (Å²) in [6, 6.07) is 4.19. The van der Waals surface area contributed by atoms with Gasteiger partial charge in [-0.1, -0.05) is 0 Å². The Balaban J connectivity index is 2.71. The Morgan fingerprint density at radius 1 is 1.50 bits per heavy atom. The molecule has 0 fully saturated rings. The molecule has 0 saturated carbocycles. The summed E-state index contributed by atoms with van der Waals surface area (Å²) in [5.41, 5.74) is -0.133. The molecular weight excluding hydrogens is 185 g/mol. The highest BCUT2D eigenvalue weighted by Crippen LogP contribution is 2.28. The lowest BCUT2D eigenvalue weighted by atomic mass is 9.99. The molecule has 3 nitrogen and oxygen atoms in total. The summed E-state index contributed by atoms with van der Waals surface area (Å²) in [5, 5.41) is 8.69. The Morgan fingerprint density at radius 2 is 2.29 bits per heavy atom. The third-order valence-electron chi connectivity index (χ3n) is 2.09. The van der Waals surface area contributed by atoms with Crippen molar-refractivity contribution in [3.05, 3.63) is 29.1 Å². The number of rotatable bonds is 0. The summed E-state index contributed by atoms with van der Waals surface area (Å²) in [7, 11) is 0. The molecule has 4 heteroatoms. The van der Waals surface area contributed by atoms with E-state index < -0.39 is 5.82 Å². The Bertz CT molecular complexity index is 448. The molecule has 0 saturated heterocycles. The van der Waals surface area contributed by atoms with Crippen LogP contribution in [0.4, 0.5) is 4.39 Å². The number of halogens is 1. The highest BCUT2D eigenvalue weighted by atomic mass is 19.1. The fourth-order valence-electron chi connectivity index (χ4n) is 1.44. The summed E-state index contributed by atoms with van der Waals surface area (Å²) >= 11 is 0. The molecule has 0 radical (unpaired) electrons. The summed E-state index contributed by atoms with van der Waals surface area (Å²) in [4.78, 5) is 11.4. The summed E-state index contributed by atoms with van der Waals surface area (Å²) in [6.45, 7) is 0.294. The summed E-state index contributed by atoms with van der Waals surface area (Å²) < 4.78 is 18.3. The molecule has 0 aromatic heterocycles. The second-order valence-electron chi connectivity index (χ2n) is 2.93. The molecule has 0 aliphatic carbocycles. The Hall–Kier alpha value is -1.89. The van der Waals surface area contributed by atoms with Gasteiger partial charge in [-0.3, -0.25) is 4.79 Å². The largest absolute Gasteiger partial charge is 0.492 e. The van der Waals surface area contributed by atoms with Gasteiger partial charge >= 0.3 is 0 Å². The zero-order chi connectivity index (χ0) is 10.1. The average molecular weight is 191 g/mol. The molecule has 0 atom stereocenters. The van der Waals surface area contributed by atoms with Crippen LogP contribution in [0.5, 0.6) is 5.75 Å². The van der Waals surface area contributed by atoms with Crippen LogP contribution in [-0.2, 0) is 0 Å². The van der Waals surface area contributed by atoms with Crippen molar-refractivity contribution in [3.63, 3.8) is 0 Å². The zero-order valence-corrected chi connectivity index (χ0v) is 7.21. The van der Waals surface area contributed by atoms with Crippen LogP contribution in [0.3, 0.4) is 0 Å². The van der Waals surface area contributed by atoms with Gasteiger partial charge in [0.05, 0.1) is 12.2 Å². The highest BCUT2D eigenvalue weighted by Gasteiger charge is 2.24. The first-order valence-corrected chi connectivity index (χ1v) is 4.12. The number of nitriles is 1. The van der Waals surface area contributed by atoms with Crippen molar-refractivity contribution >= 4 is 5.78 Å². The number of Topliss-reactive ketones (excluding diaryl/α,β-unsaturated/α-hetero) is 1. The molecule has 14 heavy (non-hydrogen) atoms. The Kier molecular flexibility index (Phi) is 1.93. The maximum atomic E-state index is 13.1. The maximum absolute atomic E-state index is 13.1. The molecular formula is C10H6FNO2. The van der Waals surface area contributed by atoms with Gasteiger partial charge in [0.1, 0.15) is 23.2 Å². The number of ether oxygens (including phenoxy) is 1. The van der Waals surface area contributed by atoms with Gasteiger partial charge in [0, 0.05) is 6.42 Å². The van der Waals surface area contributed by atoms with Crippen LogP contribution >= 0.6 is 0 Å². The van der Waals surface area contributed by atoms with E-state index in [1.807, 2.05) is 0 Å². The van der Waals surface area contributed by atoms with Gasteiger partial charge in [0.25, 0.3) is 0 Å². The minimum Gasteiger partial charge on any atom is -0.492 e. The molecule has 1 aliphatic rings. The second-order valence-corrected chi connectivity index (χ2v) is 2.93. The molecule has 1 aromatic rings. The number of ketones is 1. The van der Waals surface area contributed by atoms with Crippen LogP contribution in [0.2, 0.25) is 0 Å². The van der Waals surface area contributed by atoms with E-state index in [-0.39, 0.29) is 23.3 Å². The molecule has 1 heterocycles. The van der Waals surface area contributed by atoms with Crippen LogP contribution in [0.25, 0.3) is 0 Å². The highest BCUT2D eigenvalue weighted by molar-refractivity contribution is 6.01. The van der Waals surface area contributed by atoms with Crippen molar-refractivity contribution in [1.82, 2.24) is 0 Å². The van der Waals surface area contributed by atoms with Crippen LogP contribution in [-0.4, -0.2) is 12.4 Å². The monoisotopic (exact) mass is 191 g/mol. The fraction of sp³-hybridized carbons (Fsp3) is 0.200. The summed E-state index contributed by atoms with van der Waals surface area (Å²) in [5.74, 6) is -0.605. The van der Waals surface area contributed by atoms with Gasteiger partial charge < -0.3 is 4.74 Å². The molecule has 0 N–H and O–H groups in total. The van der Waals surface area contributed by atoms with E-state index in [1.54, 1.807) is 6.07 Å².